The zero-order chi connectivity index (χ0) is 20.8. The Morgan fingerprint density at radius 1 is 1.14 bits per heavy atom. The second-order valence-corrected chi connectivity index (χ2v) is 8.43. The number of ether oxygens (including phenoxy) is 1. The number of methoxy groups -OCH3 is 1. The number of benzene rings is 2. The van der Waals surface area contributed by atoms with E-state index in [-0.39, 0.29) is 34.7 Å². The lowest BCUT2D eigenvalue weighted by molar-refractivity contribution is -0.121. The van der Waals surface area contributed by atoms with E-state index in [2.05, 4.69) is 10.6 Å². The van der Waals surface area contributed by atoms with Gasteiger partial charge in [0.1, 0.15) is 11.6 Å². The molecule has 2 aromatic carbocycles. The van der Waals surface area contributed by atoms with Gasteiger partial charge in [0, 0.05) is 5.69 Å². The third-order valence-corrected chi connectivity index (χ3v) is 5.97. The van der Waals surface area contributed by atoms with Crippen LogP contribution in [-0.4, -0.2) is 29.9 Å². The summed E-state index contributed by atoms with van der Waals surface area (Å²) in [6, 6.07) is 13.3. The molecule has 7 heteroatoms. The van der Waals surface area contributed by atoms with Gasteiger partial charge in [0.25, 0.3) is 0 Å². The normalized spacial score (nSPS) is 15.3. The molecule has 0 aromatic heterocycles. The fraction of sp³-hybridized carbons (Fsp3) is 0.364. The number of halogens is 1. The molecule has 0 bridgehead atoms. The molecule has 2 unspecified atom stereocenters. The van der Waals surface area contributed by atoms with Crippen molar-refractivity contribution in [3.8, 4) is 5.75 Å². The van der Waals surface area contributed by atoms with Crippen LogP contribution in [0, 0.1) is 11.7 Å². The smallest absolute Gasteiger partial charge is 0.234 e. The van der Waals surface area contributed by atoms with Crippen LogP contribution in [0.2, 0.25) is 0 Å². The molecule has 0 spiro atoms. The van der Waals surface area contributed by atoms with Gasteiger partial charge in [0.05, 0.1) is 24.2 Å². The summed E-state index contributed by atoms with van der Waals surface area (Å²) in [5.41, 5.74) is 1.59. The van der Waals surface area contributed by atoms with Crippen LogP contribution >= 0.6 is 11.8 Å². The Kier molecular flexibility index (Phi) is 7.14. The highest BCUT2D eigenvalue weighted by molar-refractivity contribution is 8.01. The lowest BCUT2D eigenvalue weighted by atomic mass is 10.0. The molecule has 5 nitrogen and oxygen atoms in total. The summed E-state index contributed by atoms with van der Waals surface area (Å²) in [5, 5.41) is 5.47. The lowest BCUT2D eigenvalue weighted by Crippen LogP contribution is -2.36. The van der Waals surface area contributed by atoms with Crippen LogP contribution in [0.15, 0.2) is 48.5 Å². The summed E-state index contributed by atoms with van der Waals surface area (Å²) < 4.78 is 18.1. The van der Waals surface area contributed by atoms with Gasteiger partial charge in [-0.25, -0.2) is 4.39 Å². The predicted octanol–water partition coefficient (Wildman–Crippen LogP) is 4.16. The van der Waals surface area contributed by atoms with Crippen molar-refractivity contribution in [1.82, 2.24) is 5.32 Å². The summed E-state index contributed by atoms with van der Waals surface area (Å²) in [4.78, 5) is 24.7. The number of hydrogen-bond acceptors (Lipinski definition) is 4. The van der Waals surface area contributed by atoms with E-state index in [1.54, 1.807) is 14.0 Å². The van der Waals surface area contributed by atoms with E-state index in [0.29, 0.717) is 11.6 Å². The first-order chi connectivity index (χ1) is 14.0. The molecular weight excluding hydrogens is 391 g/mol. The quantitative estimate of drug-likeness (QED) is 0.644. The van der Waals surface area contributed by atoms with Crippen molar-refractivity contribution in [2.45, 2.75) is 31.1 Å². The Balaban J connectivity index is 1.50. The van der Waals surface area contributed by atoms with Crippen molar-refractivity contribution in [3.63, 3.8) is 0 Å². The molecule has 2 N–H and O–H groups in total. The molecule has 0 heterocycles. The van der Waals surface area contributed by atoms with Crippen molar-refractivity contribution < 1.29 is 18.7 Å². The van der Waals surface area contributed by atoms with E-state index < -0.39 is 0 Å². The second kappa shape index (κ2) is 9.78. The molecule has 3 rings (SSSR count). The van der Waals surface area contributed by atoms with E-state index in [1.165, 1.54) is 36.0 Å². The minimum atomic E-state index is -0.367. The number of carbonyl (C=O) groups excluding carboxylic acids is 2. The maximum atomic E-state index is 12.9. The number of carbonyl (C=O) groups is 2. The average Bonchev–Trinajstić information content (AvgIpc) is 3.57. The molecule has 2 atom stereocenters. The standard InChI is InChI=1S/C22H25FN2O3S/c1-14(29-13-20(26)24-18-9-7-17(23)8-10-18)22(27)25-21(15-3-4-15)16-5-11-19(28-2)12-6-16/h5-12,14-15,21H,3-4,13H2,1-2H3,(H,24,26)(H,25,27). The number of nitrogens with one attached hydrogen (secondary N) is 2. The Hall–Kier alpha value is -2.54. The molecule has 0 aliphatic heterocycles. The van der Waals surface area contributed by atoms with Crippen LogP contribution in [-0.2, 0) is 9.59 Å². The Bertz CT molecular complexity index is 838. The van der Waals surface area contributed by atoms with Crippen LogP contribution in [0.5, 0.6) is 5.75 Å². The third kappa shape index (κ3) is 6.22. The van der Waals surface area contributed by atoms with Crippen LogP contribution in [0.4, 0.5) is 10.1 Å². The second-order valence-electron chi connectivity index (χ2n) is 7.11. The number of hydrogen-bond donors (Lipinski definition) is 2. The Morgan fingerprint density at radius 2 is 1.79 bits per heavy atom. The molecule has 0 saturated heterocycles. The maximum Gasteiger partial charge on any atom is 0.234 e. The van der Waals surface area contributed by atoms with Gasteiger partial charge in [0.2, 0.25) is 11.8 Å². The monoisotopic (exact) mass is 416 g/mol. The molecule has 0 radical (unpaired) electrons. The number of thioether (sulfide) groups is 1. The lowest BCUT2D eigenvalue weighted by Gasteiger charge is -2.21. The molecular formula is C22H25FN2O3S. The SMILES string of the molecule is COc1ccc(C(NC(=O)C(C)SCC(=O)Nc2ccc(F)cc2)C2CC2)cc1. The zero-order valence-electron chi connectivity index (χ0n) is 16.5. The van der Waals surface area contributed by atoms with Crippen molar-refractivity contribution in [2.75, 3.05) is 18.2 Å². The summed E-state index contributed by atoms with van der Waals surface area (Å²) in [6.45, 7) is 1.79. The van der Waals surface area contributed by atoms with Gasteiger partial charge >= 0.3 is 0 Å². The number of anilines is 1. The van der Waals surface area contributed by atoms with Crippen molar-refractivity contribution in [1.29, 1.82) is 0 Å². The minimum Gasteiger partial charge on any atom is -0.497 e. The van der Waals surface area contributed by atoms with Gasteiger partial charge in [-0.2, -0.15) is 0 Å². The minimum absolute atomic E-state index is 0.0236. The van der Waals surface area contributed by atoms with E-state index in [0.717, 1.165) is 24.2 Å². The van der Waals surface area contributed by atoms with Crippen LogP contribution in [0.1, 0.15) is 31.4 Å². The molecule has 1 aliphatic rings. The van der Waals surface area contributed by atoms with E-state index >= 15 is 0 Å². The van der Waals surface area contributed by atoms with Gasteiger partial charge < -0.3 is 15.4 Å². The number of rotatable bonds is 9. The first kappa shape index (κ1) is 21.2. The summed E-state index contributed by atoms with van der Waals surface area (Å²) >= 11 is 1.27. The first-order valence-electron chi connectivity index (χ1n) is 9.57. The van der Waals surface area contributed by atoms with Crippen LogP contribution < -0.4 is 15.4 Å². The van der Waals surface area contributed by atoms with Gasteiger partial charge in [-0.1, -0.05) is 12.1 Å². The average molecular weight is 417 g/mol. The van der Waals surface area contributed by atoms with E-state index in [1.807, 2.05) is 24.3 Å². The summed E-state index contributed by atoms with van der Waals surface area (Å²) in [6.07, 6.45) is 2.19. The highest BCUT2D eigenvalue weighted by Crippen LogP contribution is 2.41. The molecule has 1 fully saturated rings. The van der Waals surface area contributed by atoms with Gasteiger partial charge in [-0.05, 0) is 67.6 Å². The van der Waals surface area contributed by atoms with Crippen molar-refractivity contribution in [2.24, 2.45) is 5.92 Å². The highest BCUT2D eigenvalue weighted by atomic mass is 32.2. The van der Waals surface area contributed by atoms with Crippen molar-refractivity contribution in [3.05, 3.63) is 59.9 Å². The Labute approximate surface area is 174 Å². The molecule has 2 amide bonds. The van der Waals surface area contributed by atoms with Gasteiger partial charge in [0.15, 0.2) is 0 Å². The van der Waals surface area contributed by atoms with Gasteiger partial charge in [-0.15, -0.1) is 11.8 Å². The fourth-order valence-electron chi connectivity index (χ4n) is 2.99. The first-order valence-corrected chi connectivity index (χ1v) is 10.6. The third-order valence-electron chi connectivity index (χ3n) is 4.83. The summed E-state index contributed by atoms with van der Waals surface area (Å²) in [5.74, 6) is 0.706. The summed E-state index contributed by atoms with van der Waals surface area (Å²) in [7, 11) is 1.63. The molecule has 1 aliphatic carbocycles. The Morgan fingerprint density at radius 3 is 2.38 bits per heavy atom. The van der Waals surface area contributed by atoms with E-state index in [4.69, 9.17) is 4.74 Å². The molecule has 2 aromatic rings. The van der Waals surface area contributed by atoms with Crippen LogP contribution in [0.25, 0.3) is 0 Å². The van der Waals surface area contributed by atoms with Crippen molar-refractivity contribution >= 4 is 29.3 Å². The largest absolute Gasteiger partial charge is 0.497 e. The number of amides is 2. The predicted molar refractivity (Wildman–Crippen MR) is 114 cm³/mol. The molecule has 29 heavy (non-hydrogen) atoms. The zero-order valence-corrected chi connectivity index (χ0v) is 17.3. The maximum absolute atomic E-state index is 12.9. The van der Waals surface area contributed by atoms with Gasteiger partial charge in [-0.3, -0.25) is 9.59 Å². The van der Waals surface area contributed by atoms with Crippen LogP contribution in [0.3, 0.4) is 0 Å². The fourth-order valence-corrected chi connectivity index (χ4v) is 3.68. The highest BCUT2D eigenvalue weighted by Gasteiger charge is 2.34. The van der Waals surface area contributed by atoms with E-state index in [9.17, 15) is 14.0 Å². The molecule has 1 saturated carbocycles. The molecule has 154 valence electrons. The topological polar surface area (TPSA) is 67.4 Å².